The van der Waals surface area contributed by atoms with Gasteiger partial charge in [0.1, 0.15) is 5.69 Å². The van der Waals surface area contributed by atoms with E-state index in [0.717, 1.165) is 12.8 Å². The quantitative estimate of drug-likeness (QED) is 0.665. The summed E-state index contributed by atoms with van der Waals surface area (Å²) in [5, 5.41) is 5.35. The first-order valence-corrected chi connectivity index (χ1v) is 5.55. The molecule has 6 nitrogen and oxygen atoms in total. The highest BCUT2D eigenvalue weighted by Crippen LogP contribution is 2.18. The highest BCUT2D eigenvalue weighted by Gasteiger charge is 2.23. The second kappa shape index (κ2) is 4.48. The molecule has 2 rings (SSSR count). The summed E-state index contributed by atoms with van der Waals surface area (Å²) in [6.07, 6.45) is 3.72. The predicted molar refractivity (Wildman–Crippen MR) is 63.3 cm³/mol. The maximum Gasteiger partial charge on any atom is 0.268 e. The molecule has 0 aromatic carbocycles. The summed E-state index contributed by atoms with van der Waals surface area (Å²) in [4.78, 5) is 23.1. The zero-order valence-corrected chi connectivity index (χ0v) is 9.69. The molecule has 17 heavy (non-hydrogen) atoms. The van der Waals surface area contributed by atoms with E-state index in [0.29, 0.717) is 17.4 Å². The molecule has 1 aliphatic rings. The van der Waals surface area contributed by atoms with Crippen LogP contribution >= 0.6 is 0 Å². The number of amides is 2. The van der Waals surface area contributed by atoms with Gasteiger partial charge in [0.25, 0.3) is 5.91 Å². The molecule has 1 fully saturated rings. The molecular formula is C11H16N4O2. The number of nitrogens with two attached hydrogens (primary N) is 1. The first-order chi connectivity index (χ1) is 8.06. The van der Waals surface area contributed by atoms with E-state index in [1.165, 1.54) is 0 Å². The molecular weight excluding hydrogens is 220 g/mol. The summed E-state index contributed by atoms with van der Waals surface area (Å²) < 4.78 is 1.63. The van der Waals surface area contributed by atoms with Crippen LogP contribution < -0.4 is 16.4 Å². The van der Waals surface area contributed by atoms with Gasteiger partial charge in [-0.1, -0.05) is 0 Å². The number of rotatable bonds is 4. The number of carbonyl (C=O) groups excluding carboxylic acids is 2. The molecule has 0 aliphatic heterocycles. The molecule has 0 bridgehead atoms. The van der Waals surface area contributed by atoms with Gasteiger partial charge in [-0.15, -0.1) is 0 Å². The molecule has 1 aromatic rings. The molecule has 0 saturated heterocycles. The monoisotopic (exact) mass is 236 g/mol. The van der Waals surface area contributed by atoms with Gasteiger partial charge >= 0.3 is 0 Å². The third-order valence-electron chi connectivity index (χ3n) is 2.61. The number of nitrogen functional groups attached to an aromatic ring is 1. The van der Waals surface area contributed by atoms with Crippen molar-refractivity contribution in [1.29, 1.82) is 0 Å². The Bertz CT molecular complexity index is 448. The standard InChI is InChI=1S/C11H16N4O2/c1-15-6-7(12)4-9(15)11(17)13-5-10(16)14-8-2-3-8/h4,6,8H,2-3,5,12H2,1H3,(H,13,17)(H,14,16). The molecule has 0 atom stereocenters. The molecule has 1 aliphatic carbocycles. The molecule has 0 radical (unpaired) electrons. The number of anilines is 1. The van der Waals surface area contributed by atoms with Crippen LogP contribution in [0.1, 0.15) is 23.3 Å². The minimum absolute atomic E-state index is 0.000415. The van der Waals surface area contributed by atoms with Crippen molar-refractivity contribution in [2.75, 3.05) is 12.3 Å². The van der Waals surface area contributed by atoms with Crippen molar-refractivity contribution in [1.82, 2.24) is 15.2 Å². The lowest BCUT2D eigenvalue weighted by Crippen LogP contribution is -2.38. The molecule has 1 heterocycles. The lowest BCUT2D eigenvalue weighted by molar-refractivity contribution is -0.120. The van der Waals surface area contributed by atoms with Crippen molar-refractivity contribution >= 4 is 17.5 Å². The zero-order chi connectivity index (χ0) is 12.4. The maximum atomic E-state index is 11.7. The maximum absolute atomic E-state index is 11.7. The van der Waals surface area contributed by atoms with E-state index in [-0.39, 0.29) is 18.4 Å². The summed E-state index contributed by atoms with van der Waals surface area (Å²) in [5.74, 6) is -0.446. The van der Waals surface area contributed by atoms with E-state index in [9.17, 15) is 9.59 Å². The Morgan fingerprint density at radius 1 is 1.53 bits per heavy atom. The van der Waals surface area contributed by atoms with Crippen LogP contribution in [0, 0.1) is 0 Å². The van der Waals surface area contributed by atoms with Gasteiger partial charge in [-0.25, -0.2) is 0 Å². The lowest BCUT2D eigenvalue weighted by Gasteiger charge is -2.06. The molecule has 0 unspecified atom stereocenters. The van der Waals surface area contributed by atoms with E-state index >= 15 is 0 Å². The summed E-state index contributed by atoms with van der Waals surface area (Å²) in [6.45, 7) is 0.000415. The highest BCUT2D eigenvalue weighted by atomic mass is 16.2. The zero-order valence-electron chi connectivity index (χ0n) is 9.69. The van der Waals surface area contributed by atoms with Gasteiger partial charge in [-0.05, 0) is 18.9 Å². The minimum Gasteiger partial charge on any atom is -0.397 e. The van der Waals surface area contributed by atoms with Crippen LogP contribution in [0.25, 0.3) is 0 Å². The summed E-state index contributed by atoms with van der Waals surface area (Å²) in [5.41, 5.74) is 6.54. The first kappa shape index (κ1) is 11.5. The average Bonchev–Trinajstić information content (AvgIpc) is 3.00. The van der Waals surface area contributed by atoms with Crippen LogP contribution in [0.15, 0.2) is 12.3 Å². The Morgan fingerprint density at radius 2 is 2.24 bits per heavy atom. The van der Waals surface area contributed by atoms with Gasteiger partial charge < -0.3 is 20.9 Å². The Kier molecular flexibility index (Phi) is 3.03. The largest absolute Gasteiger partial charge is 0.397 e. The second-order valence-electron chi connectivity index (χ2n) is 4.29. The summed E-state index contributed by atoms with van der Waals surface area (Å²) in [6, 6.07) is 1.89. The van der Waals surface area contributed by atoms with E-state index in [1.807, 2.05) is 0 Å². The van der Waals surface area contributed by atoms with Crippen molar-refractivity contribution in [2.24, 2.45) is 7.05 Å². The van der Waals surface area contributed by atoms with Crippen molar-refractivity contribution in [3.8, 4) is 0 Å². The molecule has 92 valence electrons. The smallest absolute Gasteiger partial charge is 0.268 e. The van der Waals surface area contributed by atoms with Gasteiger partial charge in [-0.3, -0.25) is 9.59 Å². The Labute approximate surface area is 99.2 Å². The van der Waals surface area contributed by atoms with Gasteiger partial charge in [0.2, 0.25) is 5.91 Å². The van der Waals surface area contributed by atoms with E-state index in [1.54, 1.807) is 23.9 Å². The fourth-order valence-corrected chi connectivity index (χ4v) is 1.57. The van der Waals surface area contributed by atoms with Crippen LogP contribution in [0.2, 0.25) is 0 Å². The summed E-state index contributed by atoms with van der Waals surface area (Å²) in [7, 11) is 1.73. The number of nitrogens with zero attached hydrogens (tertiary/aromatic N) is 1. The van der Waals surface area contributed by atoms with Crippen molar-refractivity contribution in [3.05, 3.63) is 18.0 Å². The van der Waals surface area contributed by atoms with Crippen molar-refractivity contribution in [2.45, 2.75) is 18.9 Å². The molecule has 1 saturated carbocycles. The number of hydrogen-bond acceptors (Lipinski definition) is 3. The van der Waals surface area contributed by atoms with Gasteiger partial charge in [0.15, 0.2) is 0 Å². The van der Waals surface area contributed by atoms with Gasteiger partial charge in [-0.2, -0.15) is 0 Å². The average molecular weight is 236 g/mol. The third-order valence-corrected chi connectivity index (χ3v) is 2.61. The van der Waals surface area contributed by atoms with Crippen molar-refractivity contribution < 1.29 is 9.59 Å². The minimum atomic E-state index is -0.296. The predicted octanol–water partition coefficient (Wildman–Crippen LogP) is -0.384. The lowest BCUT2D eigenvalue weighted by atomic mass is 10.4. The van der Waals surface area contributed by atoms with E-state index in [2.05, 4.69) is 10.6 Å². The molecule has 1 aromatic heterocycles. The summed E-state index contributed by atoms with van der Waals surface area (Å²) >= 11 is 0. The fourth-order valence-electron chi connectivity index (χ4n) is 1.57. The second-order valence-corrected chi connectivity index (χ2v) is 4.29. The normalized spacial score (nSPS) is 14.4. The Hall–Kier alpha value is -1.98. The number of aromatic nitrogens is 1. The van der Waals surface area contributed by atoms with Crippen molar-refractivity contribution in [3.63, 3.8) is 0 Å². The topological polar surface area (TPSA) is 89.2 Å². The third kappa shape index (κ3) is 2.99. The van der Waals surface area contributed by atoms with Crippen LogP contribution in [-0.4, -0.2) is 29.0 Å². The van der Waals surface area contributed by atoms with Crippen LogP contribution in [-0.2, 0) is 11.8 Å². The van der Waals surface area contributed by atoms with Gasteiger partial charge in [0.05, 0.1) is 12.2 Å². The van der Waals surface area contributed by atoms with E-state index < -0.39 is 0 Å². The Morgan fingerprint density at radius 3 is 2.76 bits per heavy atom. The number of aryl methyl sites for hydroxylation is 1. The SMILES string of the molecule is Cn1cc(N)cc1C(=O)NCC(=O)NC1CC1. The number of nitrogens with one attached hydrogen (secondary N) is 2. The Balaban J connectivity index is 1.84. The highest BCUT2D eigenvalue weighted by molar-refractivity contribution is 5.96. The van der Waals surface area contributed by atoms with Crippen LogP contribution in [0.5, 0.6) is 0 Å². The van der Waals surface area contributed by atoms with Crippen LogP contribution in [0.3, 0.4) is 0 Å². The van der Waals surface area contributed by atoms with Crippen LogP contribution in [0.4, 0.5) is 5.69 Å². The van der Waals surface area contributed by atoms with E-state index in [4.69, 9.17) is 5.73 Å². The number of hydrogen-bond donors (Lipinski definition) is 3. The first-order valence-electron chi connectivity index (χ1n) is 5.55. The fraction of sp³-hybridized carbons (Fsp3) is 0.455. The number of carbonyl (C=O) groups is 2. The molecule has 4 N–H and O–H groups in total. The van der Waals surface area contributed by atoms with Gasteiger partial charge in [0, 0.05) is 19.3 Å². The molecule has 2 amide bonds. The molecule has 0 spiro atoms. The molecule has 6 heteroatoms.